The van der Waals surface area contributed by atoms with Gasteiger partial charge in [0.2, 0.25) is 5.75 Å². The average molecular weight is 672 g/mol. The topological polar surface area (TPSA) is 138 Å². The molecule has 5 rings (SSSR count). The molecule has 0 aliphatic rings. The zero-order valence-electron chi connectivity index (χ0n) is 26.5. The molecule has 0 fully saturated rings. The highest BCUT2D eigenvalue weighted by atomic mass is 35.5. The minimum Gasteiger partial charge on any atom is -0.494 e. The minimum absolute atomic E-state index is 0.000553. The van der Waals surface area contributed by atoms with E-state index in [-0.39, 0.29) is 28.1 Å². The summed E-state index contributed by atoms with van der Waals surface area (Å²) in [4.78, 5) is 42.7. The van der Waals surface area contributed by atoms with Gasteiger partial charge in [-0.25, -0.2) is 9.37 Å². The van der Waals surface area contributed by atoms with Crippen LogP contribution in [-0.4, -0.2) is 39.9 Å². The van der Waals surface area contributed by atoms with E-state index in [0.29, 0.717) is 28.8 Å². The number of para-hydroxylation sites is 1. The van der Waals surface area contributed by atoms with E-state index in [4.69, 9.17) is 26.1 Å². The summed E-state index contributed by atoms with van der Waals surface area (Å²) in [7, 11) is 0. The van der Waals surface area contributed by atoms with Crippen LogP contribution in [0.15, 0.2) is 82.7 Å². The number of carbonyl (C=O) groups excluding carboxylic acids is 1. The second-order valence-corrected chi connectivity index (χ2v) is 11.5. The van der Waals surface area contributed by atoms with E-state index in [1.54, 1.807) is 24.3 Å². The fraction of sp³-hybridized carbons (Fsp3) is 0.200. The van der Waals surface area contributed by atoms with Gasteiger partial charge in [-0.3, -0.25) is 19.7 Å². The molecule has 1 aromatic heterocycles. The minimum atomic E-state index is -0.706. The van der Waals surface area contributed by atoms with Gasteiger partial charge in [-0.2, -0.15) is 9.78 Å². The van der Waals surface area contributed by atoms with E-state index < -0.39 is 34.5 Å². The molecule has 0 aliphatic carbocycles. The van der Waals surface area contributed by atoms with Gasteiger partial charge in [0.15, 0.2) is 12.4 Å². The Hall–Kier alpha value is -5.62. The first-order chi connectivity index (χ1) is 23.0. The molecule has 0 aliphatic heterocycles. The highest BCUT2D eigenvalue weighted by Gasteiger charge is 2.23. The molecule has 11 nitrogen and oxygen atoms in total. The van der Waals surface area contributed by atoms with Crippen molar-refractivity contribution in [3.8, 4) is 22.9 Å². The standard InChI is InChI=1S/C35H31ClFN5O6/c1-5-47-31-14-21(4)28(17-27(31)20(2)3)34-40-29-9-7-6-8-26(29)35(44)41(34)38-18-22-15-23(36)16-30(42(45)46)33(22)48-19-32(43)39-25-12-10-24(37)11-13-25/h6-18,20H,5,19H2,1-4H3,(H,39,43). The molecule has 0 radical (unpaired) electrons. The first-order valence-corrected chi connectivity index (χ1v) is 15.3. The normalized spacial score (nSPS) is 11.3. The predicted octanol–water partition coefficient (Wildman–Crippen LogP) is 7.49. The number of nitrogens with zero attached hydrogens (tertiary/aromatic N) is 4. The molecule has 1 N–H and O–H groups in total. The maximum atomic E-state index is 13.9. The van der Waals surface area contributed by atoms with Crippen molar-refractivity contribution in [3.63, 3.8) is 0 Å². The maximum absolute atomic E-state index is 13.9. The molecule has 5 aromatic rings. The number of nitrogens with one attached hydrogen (secondary N) is 1. The number of halogens is 2. The molecule has 0 atom stereocenters. The number of amides is 1. The summed E-state index contributed by atoms with van der Waals surface area (Å²) in [5.74, 6) is -0.393. The molecule has 1 heterocycles. The lowest BCUT2D eigenvalue weighted by molar-refractivity contribution is -0.385. The summed E-state index contributed by atoms with van der Waals surface area (Å²) >= 11 is 6.25. The van der Waals surface area contributed by atoms with Crippen LogP contribution in [-0.2, 0) is 4.79 Å². The molecule has 0 saturated heterocycles. The Labute approximate surface area is 279 Å². The van der Waals surface area contributed by atoms with Gasteiger partial charge >= 0.3 is 5.69 Å². The maximum Gasteiger partial charge on any atom is 0.313 e. The Morgan fingerprint density at radius 2 is 1.85 bits per heavy atom. The number of carbonyl (C=O) groups is 1. The Bertz CT molecular complexity index is 2110. The lowest BCUT2D eigenvalue weighted by atomic mass is 9.96. The molecule has 13 heteroatoms. The van der Waals surface area contributed by atoms with Crippen LogP contribution in [0.25, 0.3) is 22.3 Å². The third kappa shape index (κ3) is 7.34. The molecule has 48 heavy (non-hydrogen) atoms. The largest absolute Gasteiger partial charge is 0.494 e. The summed E-state index contributed by atoms with van der Waals surface area (Å²) in [6.45, 7) is 7.69. The van der Waals surface area contributed by atoms with Gasteiger partial charge in [0.05, 0.1) is 28.6 Å². The number of nitro benzene ring substituents is 1. The van der Waals surface area contributed by atoms with Crippen LogP contribution in [0, 0.1) is 22.9 Å². The van der Waals surface area contributed by atoms with Gasteiger partial charge in [-0.05, 0) is 85.5 Å². The third-order valence-corrected chi connectivity index (χ3v) is 7.54. The number of hydrogen-bond acceptors (Lipinski definition) is 8. The van der Waals surface area contributed by atoms with E-state index in [0.717, 1.165) is 27.6 Å². The quantitative estimate of drug-likeness (QED) is 0.0872. The molecular formula is C35H31ClFN5O6. The lowest BCUT2D eigenvalue weighted by Gasteiger charge is -2.18. The Kier molecular flexibility index (Phi) is 10.1. The number of aromatic nitrogens is 2. The van der Waals surface area contributed by atoms with Gasteiger partial charge in [0, 0.05) is 27.9 Å². The van der Waals surface area contributed by atoms with E-state index in [1.165, 1.54) is 36.5 Å². The lowest BCUT2D eigenvalue weighted by Crippen LogP contribution is -2.21. The fourth-order valence-corrected chi connectivity index (χ4v) is 5.27. The Morgan fingerprint density at radius 1 is 1.12 bits per heavy atom. The summed E-state index contributed by atoms with van der Waals surface area (Å²) < 4.78 is 25.9. The average Bonchev–Trinajstić information content (AvgIpc) is 3.04. The zero-order chi connectivity index (χ0) is 34.5. The van der Waals surface area contributed by atoms with E-state index in [9.17, 15) is 24.1 Å². The van der Waals surface area contributed by atoms with Crippen molar-refractivity contribution >= 4 is 46.0 Å². The predicted molar refractivity (Wildman–Crippen MR) is 183 cm³/mol. The van der Waals surface area contributed by atoms with Crippen molar-refractivity contribution < 1.29 is 23.6 Å². The van der Waals surface area contributed by atoms with Crippen molar-refractivity contribution in [2.24, 2.45) is 5.10 Å². The number of fused-ring (bicyclic) bond motifs is 1. The number of nitro groups is 1. The third-order valence-electron chi connectivity index (χ3n) is 7.32. The van der Waals surface area contributed by atoms with Crippen LogP contribution in [0.2, 0.25) is 5.02 Å². The van der Waals surface area contributed by atoms with Crippen LogP contribution in [0.1, 0.15) is 43.4 Å². The number of hydrogen-bond donors (Lipinski definition) is 1. The van der Waals surface area contributed by atoms with Crippen LogP contribution >= 0.6 is 11.6 Å². The molecule has 1 amide bonds. The Morgan fingerprint density at radius 3 is 2.54 bits per heavy atom. The molecule has 0 unspecified atom stereocenters. The SMILES string of the molecule is CCOc1cc(C)c(-c2nc3ccccc3c(=O)n2N=Cc2cc(Cl)cc([N+](=O)[O-])c2OCC(=O)Nc2ccc(F)cc2)cc1C(C)C. The second kappa shape index (κ2) is 14.4. The van der Waals surface area contributed by atoms with Gasteiger partial charge in [0.25, 0.3) is 11.5 Å². The summed E-state index contributed by atoms with van der Waals surface area (Å²) in [6, 6.07) is 18.2. The summed E-state index contributed by atoms with van der Waals surface area (Å²) in [5, 5.41) is 19.3. The molecular weight excluding hydrogens is 641 g/mol. The van der Waals surface area contributed by atoms with Gasteiger partial charge in [0.1, 0.15) is 11.6 Å². The number of rotatable bonds is 11. The van der Waals surface area contributed by atoms with Gasteiger partial charge in [-0.1, -0.05) is 37.6 Å². The van der Waals surface area contributed by atoms with Crippen LogP contribution < -0.4 is 20.3 Å². The van der Waals surface area contributed by atoms with Gasteiger partial charge in [-0.15, -0.1) is 0 Å². The van der Waals surface area contributed by atoms with Crippen molar-refractivity contribution in [2.45, 2.75) is 33.6 Å². The molecule has 0 saturated carbocycles. The molecule has 0 spiro atoms. The van der Waals surface area contributed by atoms with E-state index >= 15 is 0 Å². The number of anilines is 1. The Balaban J connectivity index is 1.61. The van der Waals surface area contributed by atoms with Crippen LogP contribution in [0.3, 0.4) is 0 Å². The van der Waals surface area contributed by atoms with Crippen molar-refractivity contribution in [1.29, 1.82) is 0 Å². The first kappa shape index (κ1) is 33.7. The number of benzene rings is 4. The highest BCUT2D eigenvalue weighted by molar-refractivity contribution is 6.31. The smallest absolute Gasteiger partial charge is 0.313 e. The van der Waals surface area contributed by atoms with Crippen molar-refractivity contribution in [1.82, 2.24) is 9.66 Å². The van der Waals surface area contributed by atoms with Crippen LogP contribution in [0.4, 0.5) is 15.8 Å². The fourth-order valence-electron chi connectivity index (χ4n) is 5.05. The van der Waals surface area contributed by atoms with Gasteiger partial charge < -0.3 is 14.8 Å². The second-order valence-electron chi connectivity index (χ2n) is 11.1. The molecule has 246 valence electrons. The monoisotopic (exact) mass is 671 g/mol. The molecule has 4 aromatic carbocycles. The van der Waals surface area contributed by atoms with Crippen LogP contribution in [0.5, 0.6) is 11.5 Å². The number of aryl methyl sites for hydroxylation is 1. The summed E-state index contributed by atoms with van der Waals surface area (Å²) in [6.07, 6.45) is 1.20. The first-order valence-electron chi connectivity index (χ1n) is 15.0. The summed E-state index contributed by atoms with van der Waals surface area (Å²) in [5.41, 5.74) is 2.11. The zero-order valence-corrected chi connectivity index (χ0v) is 27.2. The van der Waals surface area contributed by atoms with E-state index in [1.807, 2.05) is 39.8 Å². The van der Waals surface area contributed by atoms with Crippen molar-refractivity contribution in [2.75, 3.05) is 18.5 Å². The van der Waals surface area contributed by atoms with Crippen molar-refractivity contribution in [3.05, 3.63) is 121 Å². The highest BCUT2D eigenvalue weighted by Crippen LogP contribution is 2.36. The number of ether oxygens (including phenoxy) is 2. The van der Waals surface area contributed by atoms with E-state index in [2.05, 4.69) is 10.4 Å². The molecule has 0 bridgehead atoms.